The van der Waals surface area contributed by atoms with Gasteiger partial charge in [-0.25, -0.2) is 0 Å². The van der Waals surface area contributed by atoms with Crippen LogP contribution in [0, 0.1) is 0 Å². The molecule has 1 heterocycles. The van der Waals surface area contributed by atoms with Crippen LogP contribution in [0.5, 0.6) is 11.5 Å². The monoisotopic (exact) mass is 282 g/mol. The highest BCUT2D eigenvalue weighted by molar-refractivity contribution is 6.31. The van der Waals surface area contributed by atoms with E-state index >= 15 is 0 Å². The van der Waals surface area contributed by atoms with E-state index in [1.54, 1.807) is 25.3 Å². The van der Waals surface area contributed by atoms with Crippen LogP contribution in [0.4, 0.5) is 5.82 Å². The predicted octanol–water partition coefficient (Wildman–Crippen LogP) is 3.37. The number of hydrogen-bond acceptors (Lipinski definition) is 5. The summed E-state index contributed by atoms with van der Waals surface area (Å²) in [4.78, 5) is 0. The number of anilines is 1. The molecule has 1 aromatic heterocycles. The molecule has 102 valence electrons. The van der Waals surface area contributed by atoms with Crippen LogP contribution in [0.15, 0.2) is 22.7 Å². The lowest BCUT2D eigenvalue weighted by Gasteiger charge is -2.16. The molecule has 0 saturated heterocycles. The maximum atomic E-state index is 6.07. The molecule has 1 aromatic carbocycles. The Morgan fingerprint density at radius 3 is 2.58 bits per heavy atom. The molecule has 0 radical (unpaired) electrons. The Morgan fingerprint density at radius 2 is 2.05 bits per heavy atom. The number of nitrogens with two attached hydrogens (primary N) is 1. The molecule has 2 N–H and O–H groups in total. The standard InChI is InChI=1S/C13H15ClN2O3/c1-7(2)18-13-9(10-6-12(15)16-19-10)4-8(14)5-11(13)17-3/h4-7H,1-3H3,(H2,15,16). The summed E-state index contributed by atoms with van der Waals surface area (Å²) in [5.74, 6) is 1.86. The Labute approximate surface area is 116 Å². The fourth-order valence-electron chi connectivity index (χ4n) is 1.68. The molecule has 0 amide bonds. The fourth-order valence-corrected chi connectivity index (χ4v) is 1.88. The largest absolute Gasteiger partial charge is 0.493 e. The molecule has 0 aliphatic rings. The Morgan fingerprint density at radius 1 is 1.32 bits per heavy atom. The average molecular weight is 283 g/mol. The zero-order valence-electron chi connectivity index (χ0n) is 10.9. The van der Waals surface area contributed by atoms with Crippen molar-refractivity contribution in [1.29, 1.82) is 0 Å². The number of nitrogens with zero attached hydrogens (tertiary/aromatic N) is 1. The maximum Gasteiger partial charge on any atom is 0.172 e. The number of nitrogen functional groups attached to an aromatic ring is 1. The lowest BCUT2D eigenvalue weighted by atomic mass is 10.1. The van der Waals surface area contributed by atoms with E-state index in [4.69, 9.17) is 31.3 Å². The molecule has 0 aliphatic heterocycles. The first-order valence-corrected chi connectivity index (χ1v) is 6.15. The molecule has 0 aliphatic carbocycles. The first kappa shape index (κ1) is 13.5. The summed E-state index contributed by atoms with van der Waals surface area (Å²) in [6, 6.07) is 5.02. The van der Waals surface area contributed by atoms with Crippen molar-refractivity contribution < 1.29 is 14.0 Å². The smallest absolute Gasteiger partial charge is 0.172 e. The van der Waals surface area contributed by atoms with Crippen molar-refractivity contribution >= 4 is 17.4 Å². The Balaban J connectivity index is 2.59. The molecule has 0 atom stereocenters. The van der Waals surface area contributed by atoms with Gasteiger partial charge in [0.05, 0.1) is 18.8 Å². The van der Waals surface area contributed by atoms with Crippen LogP contribution in [0.25, 0.3) is 11.3 Å². The normalized spacial score (nSPS) is 10.8. The molecule has 0 spiro atoms. The van der Waals surface area contributed by atoms with E-state index in [9.17, 15) is 0 Å². The third-order valence-corrected chi connectivity index (χ3v) is 2.61. The molecule has 0 saturated carbocycles. The van der Waals surface area contributed by atoms with Gasteiger partial charge in [-0.2, -0.15) is 0 Å². The summed E-state index contributed by atoms with van der Waals surface area (Å²) in [5, 5.41) is 4.17. The number of methoxy groups -OCH3 is 1. The molecule has 0 fully saturated rings. The van der Waals surface area contributed by atoms with Crippen molar-refractivity contribution in [2.24, 2.45) is 0 Å². The highest BCUT2D eigenvalue weighted by Crippen LogP contribution is 2.41. The van der Waals surface area contributed by atoms with E-state index in [0.29, 0.717) is 33.7 Å². The molecule has 0 unspecified atom stereocenters. The van der Waals surface area contributed by atoms with Crippen molar-refractivity contribution in [3.63, 3.8) is 0 Å². The van der Waals surface area contributed by atoms with Crippen molar-refractivity contribution in [2.75, 3.05) is 12.8 Å². The van der Waals surface area contributed by atoms with E-state index in [0.717, 1.165) is 0 Å². The van der Waals surface area contributed by atoms with E-state index in [-0.39, 0.29) is 6.10 Å². The minimum absolute atomic E-state index is 0.0194. The molecular weight excluding hydrogens is 268 g/mol. The number of aromatic nitrogens is 1. The molecule has 0 bridgehead atoms. The van der Waals surface area contributed by atoms with Crippen molar-refractivity contribution in [1.82, 2.24) is 5.16 Å². The Hall–Kier alpha value is -1.88. The minimum atomic E-state index is -0.0194. The van der Waals surface area contributed by atoms with Crippen molar-refractivity contribution in [3.05, 3.63) is 23.2 Å². The van der Waals surface area contributed by atoms with Gasteiger partial charge in [-0.3, -0.25) is 0 Å². The first-order chi connectivity index (χ1) is 9.01. The van der Waals surface area contributed by atoms with Gasteiger partial charge in [-0.05, 0) is 19.9 Å². The third-order valence-electron chi connectivity index (χ3n) is 2.39. The summed E-state index contributed by atoms with van der Waals surface area (Å²) in [6.07, 6.45) is -0.0194. The van der Waals surface area contributed by atoms with Crippen LogP contribution in [0.1, 0.15) is 13.8 Å². The van der Waals surface area contributed by atoms with Gasteiger partial charge in [-0.1, -0.05) is 16.8 Å². The summed E-state index contributed by atoms with van der Waals surface area (Å²) in [5.41, 5.74) is 6.22. The lowest BCUT2D eigenvalue weighted by molar-refractivity contribution is 0.230. The van der Waals surface area contributed by atoms with Crippen LogP contribution in [-0.2, 0) is 0 Å². The quantitative estimate of drug-likeness (QED) is 0.931. The second-order valence-corrected chi connectivity index (χ2v) is 4.70. The number of benzene rings is 1. The van der Waals surface area contributed by atoms with Gasteiger partial charge in [0.15, 0.2) is 23.1 Å². The van der Waals surface area contributed by atoms with Crippen LogP contribution in [-0.4, -0.2) is 18.4 Å². The highest BCUT2D eigenvalue weighted by atomic mass is 35.5. The van der Waals surface area contributed by atoms with Gasteiger partial charge >= 0.3 is 0 Å². The molecule has 6 heteroatoms. The highest BCUT2D eigenvalue weighted by Gasteiger charge is 2.18. The number of rotatable bonds is 4. The summed E-state index contributed by atoms with van der Waals surface area (Å²) in [7, 11) is 1.55. The molecule has 19 heavy (non-hydrogen) atoms. The second-order valence-electron chi connectivity index (χ2n) is 4.27. The van der Waals surface area contributed by atoms with Gasteiger partial charge < -0.3 is 19.7 Å². The van der Waals surface area contributed by atoms with Crippen LogP contribution in [0.3, 0.4) is 0 Å². The number of hydrogen-bond donors (Lipinski definition) is 1. The van der Waals surface area contributed by atoms with Gasteiger partial charge in [0.25, 0.3) is 0 Å². The lowest BCUT2D eigenvalue weighted by Crippen LogP contribution is -2.07. The summed E-state index contributed by atoms with van der Waals surface area (Å²) < 4.78 is 16.2. The van der Waals surface area contributed by atoms with Gasteiger partial charge in [0.2, 0.25) is 0 Å². The minimum Gasteiger partial charge on any atom is -0.493 e. The fraction of sp³-hybridized carbons (Fsp3) is 0.308. The Bertz CT molecular complexity index is 581. The van der Waals surface area contributed by atoms with Crippen molar-refractivity contribution in [3.8, 4) is 22.8 Å². The van der Waals surface area contributed by atoms with Crippen molar-refractivity contribution in [2.45, 2.75) is 20.0 Å². The summed E-state index contributed by atoms with van der Waals surface area (Å²) >= 11 is 6.07. The van der Waals surface area contributed by atoms with Crippen LogP contribution < -0.4 is 15.2 Å². The van der Waals surface area contributed by atoms with E-state index in [2.05, 4.69) is 5.16 Å². The third kappa shape index (κ3) is 2.93. The topological polar surface area (TPSA) is 70.5 Å². The Kier molecular flexibility index (Phi) is 3.85. The second kappa shape index (κ2) is 5.40. The summed E-state index contributed by atoms with van der Waals surface area (Å²) in [6.45, 7) is 3.85. The van der Waals surface area contributed by atoms with Crippen LogP contribution in [0.2, 0.25) is 5.02 Å². The molecule has 5 nitrogen and oxygen atoms in total. The van der Waals surface area contributed by atoms with Gasteiger partial charge in [-0.15, -0.1) is 0 Å². The maximum absolute atomic E-state index is 6.07. The van der Waals surface area contributed by atoms with E-state index in [1.165, 1.54) is 0 Å². The number of halogens is 1. The average Bonchev–Trinajstić information content (AvgIpc) is 2.77. The number of ether oxygens (including phenoxy) is 2. The molecular formula is C13H15ClN2O3. The molecule has 2 aromatic rings. The zero-order chi connectivity index (χ0) is 14.0. The van der Waals surface area contributed by atoms with Gasteiger partial charge in [0, 0.05) is 17.2 Å². The predicted molar refractivity (Wildman–Crippen MR) is 73.7 cm³/mol. The van der Waals surface area contributed by atoms with Gasteiger partial charge in [0.1, 0.15) is 0 Å². The molecule has 2 rings (SSSR count). The van der Waals surface area contributed by atoms with Crippen LogP contribution >= 0.6 is 11.6 Å². The SMILES string of the molecule is COc1cc(Cl)cc(-c2cc(N)no2)c1OC(C)C. The first-order valence-electron chi connectivity index (χ1n) is 5.78. The van der Waals surface area contributed by atoms with E-state index in [1.807, 2.05) is 13.8 Å². The zero-order valence-corrected chi connectivity index (χ0v) is 11.7. The van der Waals surface area contributed by atoms with E-state index < -0.39 is 0 Å².